The van der Waals surface area contributed by atoms with Crippen LogP contribution >= 0.6 is 0 Å². The minimum Gasteiger partial charge on any atom is -0.500 e. The predicted molar refractivity (Wildman–Crippen MR) is 44.0 cm³/mol. The van der Waals surface area contributed by atoms with Gasteiger partial charge in [-0.2, -0.15) is 0 Å². The van der Waals surface area contributed by atoms with Crippen molar-refractivity contribution in [2.75, 3.05) is 13.2 Å². The summed E-state index contributed by atoms with van der Waals surface area (Å²) < 4.78 is 4.81. The molecule has 64 valence electrons. The van der Waals surface area contributed by atoms with Gasteiger partial charge in [0.05, 0.1) is 12.8 Å². The summed E-state index contributed by atoms with van der Waals surface area (Å²) in [6.45, 7) is 8.11. The number of nitrogens with one attached hydrogen (secondary N) is 1. The van der Waals surface area contributed by atoms with Crippen LogP contribution in [0.25, 0.3) is 0 Å². The van der Waals surface area contributed by atoms with Crippen LogP contribution in [-0.2, 0) is 9.53 Å². The Bertz CT molecular complexity index is 132. The average Bonchev–Trinajstić information content (AvgIpc) is 1.97. The summed E-state index contributed by atoms with van der Waals surface area (Å²) in [6, 6.07) is 0. The molecule has 0 aromatic carbocycles. The van der Waals surface area contributed by atoms with E-state index in [2.05, 4.69) is 11.9 Å². The van der Waals surface area contributed by atoms with Gasteiger partial charge in [-0.3, -0.25) is 4.79 Å². The Morgan fingerprint density at radius 3 is 2.82 bits per heavy atom. The zero-order valence-corrected chi connectivity index (χ0v) is 7.09. The zero-order valence-electron chi connectivity index (χ0n) is 7.09. The van der Waals surface area contributed by atoms with E-state index in [9.17, 15) is 4.79 Å². The summed E-state index contributed by atoms with van der Waals surface area (Å²) in [5, 5.41) is 2.71. The molecular formula is C8H15NO2. The van der Waals surface area contributed by atoms with Gasteiger partial charge in [0.1, 0.15) is 6.61 Å². The fraction of sp³-hybridized carbons (Fsp3) is 0.625. The summed E-state index contributed by atoms with van der Waals surface area (Å²) >= 11 is 0. The third-order valence-electron chi connectivity index (χ3n) is 1.16. The monoisotopic (exact) mass is 157 g/mol. The van der Waals surface area contributed by atoms with Crippen molar-refractivity contribution in [2.24, 2.45) is 5.92 Å². The standard InChI is InChI=1S/C8H15NO2/c1-4-11-6-5-9-8(10)7(2)3/h4,7H,1,5-6H2,2-3H3,(H,9,10). The Labute approximate surface area is 67.4 Å². The summed E-state index contributed by atoms with van der Waals surface area (Å²) in [5.74, 6) is 0.0939. The molecule has 0 aromatic heterocycles. The number of carbonyl (C=O) groups is 1. The van der Waals surface area contributed by atoms with E-state index in [0.29, 0.717) is 13.2 Å². The lowest BCUT2D eigenvalue weighted by atomic mass is 10.2. The van der Waals surface area contributed by atoms with Crippen molar-refractivity contribution in [1.29, 1.82) is 0 Å². The second-order valence-corrected chi connectivity index (χ2v) is 2.48. The smallest absolute Gasteiger partial charge is 0.222 e. The molecule has 3 heteroatoms. The Morgan fingerprint density at radius 1 is 1.73 bits per heavy atom. The molecule has 0 radical (unpaired) electrons. The molecular weight excluding hydrogens is 142 g/mol. The molecule has 0 aliphatic heterocycles. The molecule has 0 aliphatic rings. The quantitative estimate of drug-likeness (QED) is 0.476. The lowest BCUT2D eigenvalue weighted by Gasteiger charge is -2.06. The number of carbonyl (C=O) groups excluding carboxylic acids is 1. The largest absolute Gasteiger partial charge is 0.500 e. The molecule has 0 bridgehead atoms. The maximum absolute atomic E-state index is 10.9. The second kappa shape index (κ2) is 5.77. The van der Waals surface area contributed by atoms with Crippen LogP contribution in [-0.4, -0.2) is 19.1 Å². The summed E-state index contributed by atoms with van der Waals surface area (Å²) in [7, 11) is 0. The molecule has 0 heterocycles. The van der Waals surface area contributed by atoms with Gasteiger partial charge in [-0.1, -0.05) is 20.4 Å². The highest BCUT2D eigenvalue weighted by Gasteiger charge is 2.03. The number of hydrogen-bond donors (Lipinski definition) is 1. The predicted octanol–water partition coefficient (Wildman–Crippen LogP) is 0.919. The van der Waals surface area contributed by atoms with Gasteiger partial charge in [0.25, 0.3) is 0 Å². The first-order valence-corrected chi connectivity index (χ1v) is 3.68. The zero-order chi connectivity index (χ0) is 8.69. The number of ether oxygens (including phenoxy) is 1. The van der Waals surface area contributed by atoms with Gasteiger partial charge < -0.3 is 10.1 Å². The van der Waals surface area contributed by atoms with Crippen LogP contribution in [0, 0.1) is 5.92 Å². The molecule has 1 amide bonds. The fourth-order valence-corrected chi connectivity index (χ4v) is 0.521. The molecule has 0 spiro atoms. The van der Waals surface area contributed by atoms with Crippen molar-refractivity contribution in [3.8, 4) is 0 Å². The molecule has 0 rings (SSSR count). The van der Waals surface area contributed by atoms with Gasteiger partial charge in [0.15, 0.2) is 0 Å². The molecule has 0 atom stereocenters. The topological polar surface area (TPSA) is 38.3 Å². The first-order chi connectivity index (χ1) is 5.18. The number of rotatable bonds is 5. The number of amides is 1. The maximum Gasteiger partial charge on any atom is 0.222 e. The Hall–Kier alpha value is -0.990. The van der Waals surface area contributed by atoms with Crippen molar-refractivity contribution in [3.63, 3.8) is 0 Å². The molecule has 0 aliphatic carbocycles. The van der Waals surface area contributed by atoms with Crippen LogP contribution in [0.4, 0.5) is 0 Å². The van der Waals surface area contributed by atoms with Crippen molar-refractivity contribution >= 4 is 5.91 Å². The van der Waals surface area contributed by atoms with Crippen LogP contribution in [0.3, 0.4) is 0 Å². The highest BCUT2D eigenvalue weighted by atomic mass is 16.5. The molecule has 0 saturated heterocycles. The van der Waals surface area contributed by atoms with E-state index in [0.717, 1.165) is 0 Å². The van der Waals surface area contributed by atoms with E-state index >= 15 is 0 Å². The Kier molecular flexibility index (Phi) is 5.25. The van der Waals surface area contributed by atoms with E-state index < -0.39 is 0 Å². The fourth-order valence-electron chi connectivity index (χ4n) is 0.521. The third kappa shape index (κ3) is 5.45. The molecule has 3 nitrogen and oxygen atoms in total. The van der Waals surface area contributed by atoms with Gasteiger partial charge in [0.2, 0.25) is 5.91 Å². The lowest BCUT2D eigenvalue weighted by molar-refractivity contribution is -0.124. The van der Waals surface area contributed by atoms with Gasteiger partial charge in [-0.05, 0) is 0 Å². The van der Waals surface area contributed by atoms with E-state index in [1.165, 1.54) is 6.26 Å². The van der Waals surface area contributed by atoms with Crippen LogP contribution < -0.4 is 5.32 Å². The molecule has 0 fully saturated rings. The minimum atomic E-state index is 0.0405. The van der Waals surface area contributed by atoms with Crippen LogP contribution in [0.2, 0.25) is 0 Å². The Morgan fingerprint density at radius 2 is 2.36 bits per heavy atom. The third-order valence-corrected chi connectivity index (χ3v) is 1.16. The van der Waals surface area contributed by atoms with Gasteiger partial charge in [-0.15, -0.1) is 0 Å². The molecule has 0 aromatic rings. The molecule has 11 heavy (non-hydrogen) atoms. The highest BCUT2D eigenvalue weighted by Crippen LogP contribution is 1.89. The molecule has 0 saturated carbocycles. The van der Waals surface area contributed by atoms with Gasteiger partial charge in [0, 0.05) is 5.92 Å². The summed E-state index contributed by atoms with van der Waals surface area (Å²) in [4.78, 5) is 10.9. The molecule has 1 N–H and O–H groups in total. The summed E-state index contributed by atoms with van der Waals surface area (Å²) in [6.07, 6.45) is 1.36. The SMILES string of the molecule is C=COCCNC(=O)C(C)C. The highest BCUT2D eigenvalue weighted by molar-refractivity contribution is 5.77. The van der Waals surface area contributed by atoms with Crippen LogP contribution in [0.15, 0.2) is 12.8 Å². The van der Waals surface area contributed by atoms with Gasteiger partial charge >= 0.3 is 0 Å². The minimum absolute atomic E-state index is 0.0405. The van der Waals surface area contributed by atoms with Crippen LogP contribution in [0.5, 0.6) is 0 Å². The van der Waals surface area contributed by atoms with E-state index in [-0.39, 0.29) is 11.8 Å². The second-order valence-electron chi connectivity index (χ2n) is 2.48. The molecule has 0 unspecified atom stereocenters. The normalized spacial score (nSPS) is 9.36. The van der Waals surface area contributed by atoms with Crippen LogP contribution in [0.1, 0.15) is 13.8 Å². The Balaban J connectivity index is 3.24. The van der Waals surface area contributed by atoms with Crippen molar-refractivity contribution in [3.05, 3.63) is 12.8 Å². The van der Waals surface area contributed by atoms with Crippen molar-refractivity contribution in [2.45, 2.75) is 13.8 Å². The van der Waals surface area contributed by atoms with Gasteiger partial charge in [-0.25, -0.2) is 0 Å². The van der Waals surface area contributed by atoms with E-state index in [1.807, 2.05) is 13.8 Å². The van der Waals surface area contributed by atoms with Crippen molar-refractivity contribution < 1.29 is 9.53 Å². The number of hydrogen-bond acceptors (Lipinski definition) is 2. The average molecular weight is 157 g/mol. The van der Waals surface area contributed by atoms with E-state index in [1.54, 1.807) is 0 Å². The first kappa shape index (κ1) is 10.0. The van der Waals surface area contributed by atoms with Crippen molar-refractivity contribution in [1.82, 2.24) is 5.32 Å². The first-order valence-electron chi connectivity index (χ1n) is 3.68. The van der Waals surface area contributed by atoms with E-state index in [4.69, 9.17) is 4.74 Å². The summed E-state index contributed by atoms with van der Waals surface area (Å²) in [5.41, 5.74) is 0. The lowest BCUT2D eigenvalue weighted by Crippen LogP contribution is -2.30. The maximum atomic E-state index is 10.9.